The van der Waals surface area contributed by atoms with Gasteiger partial charge >= 0.3 is 5.97 Å². The first-order valence-corrected chi connectivity index (χ1v) is 8.65. The SMILES string of the molecule is CCCCOc1ccc2[nH]c(-c3ccccc3C)c(CC(=O)O)c2c1. The molecule has 0 amide bonds. The van der Waals surface area contributed by atoms with E-state index in [-0.39, 0.29) is 6.42 Å². The number of nitrogens with one attached hydrogen (secondary N) is 1. The second kappa shape index (κ2) is 7.43. The van der Waals surface area contributed by atoms with Crippen LogP contribution in [0.3, 0.4) is 0 Å². The first-order valence-electron chi connectivity index (χ1n) is 8.65. The summed E-state index contributed by atoms with van der Waals surface area (Å²) in [6.45, 7) is 4.83. The van der Waals surface area contributed by atoms with Gasteiger partial charge in [-0.1, -0.05) is 37.6 Å². The molecule has 2 N–H and O–H groups in total. The van der Waals surface area contributed by atoms with E-state index in [2.05, 4.69) is 11.9 Å². The molecule has 1 heterocycles. The quantitative estimate of drug-likeness (QED) is 0.600. The molecule has 130 valence electrons. The highest BCUT2D eigenvalue weighted by Crippen LogP contribution is 2.34. The van der Waals surface area contributed by atoms with E-state index in [9.17, 15) is 9.90 Å². The molecular weight excluding hydrogens is 314 g/mol. The second-order valence-electron chi connectivity index (χ2n) is 6.27. The lowest BCUT2D eigenvalue weighted by Crippen LogP contribution is -2.01. The maximum Gasteiger partial charge on any atom is 0.307 e. The van der Waals surface area contributed by atoms with E-state index in [0.717, 1.165) is 51.9 Å². The molecular formula is C21H23NO3. The van der Waals surface area contributed by atoms with Crippen molar-refractivity contribution in [3.63, 3.8) is 0 Å². The number of H-pyrrole nitrogens is 1. The summed E-state index contributed by atoms with van der Waals surface area (Å²) >= 11 is 0. The van der Waals surface area contributed by atoms with E-state index in [1.54, 1.807) is 0 Å². The van der Waals surface area contributed by atoms with E-state index in [1.807, 2.05) is 49.4 Å². The van der Waals surface area contributed by atoms with Gasteiger partial charge in [0.25, 0.3) is 0 Å². The summed E-state index contributed by atoms with van der Waals surface area (Å²) in [4.78, 5) is 14.8. The van der Waals surface area contributed by atoms with Crippen molar-refractivity contribution >= 4 is 16.9 Å². The van der Waals surface area contributed by atoms with E-state index in [1.165, 1.54) is 0 Å². The van der Waals surface area contributed by atoms with Gasteiger partial charge < -0.3 is 14.8 Å². The number of ether oxygens (including phenoxy) is 1. The van der Waals surface area contributed by atoms with Crippen LogP contribution in [0.2, 0.25) is 0 Å². The summed E-state index contributed by atoms with van der Waals surface area (Å²) in [6.07, 6.45) is 2.05. The Hall–Kier alpha value is -2.75. The average molecular weight is 337 g/mol. The fraction of sp³-hybridized carbons (Fsp3) is 0.286. The number of benzene rings is 2. The van der Waals surface area contributed by atoms with Crippen molar-refractivity contribution in [3.05, 3.63) is 53.6 Å². The summed E-state index contributed by atoms with van der Waals surface area (Å²) in [5.74, 6) is -0.0593. The summed E-state index contributed by atoms with van der Waals surface area (Å²) in [5.41, 5.74) is 4.75. The lowest BCUT2D eigenvalue weighted by Gasteiger charge is -2.07. The lowest BCUT2D eigenvalue weighted by molar-refractivity contribution is -0.136. The molecule has 3 aromatic rings. The Morgan fingerprint density at radius 2 is 2.00 bits per heavy atom. The standard InChI is InChI=1S/C21H23NO3/c1-3-4-11-25-15-9-10-19-17(12-15)18(13-20(23)24)21(22-19)16-8-6-5-7-14(16)2/h5-10,12,22H,3-4,11,13H2,1-2H3,(H,23,24). The average Bonchev–Trinajstić information content (AvgIpc) is 2.93. The number of rotatable bonds is 7. The number of carboxylic acid groups (broad SMARTS) is 1. The molecule has 2 aromatic carbocycles. The number of carbonyl (C=O) groups is 1. The van der Waals surface area contributed by atoms with Crippen LogP contribution in [-0.4, -0.2) is 22.7 Å². The monoisotopic (exact) mass is 337 g/mol. The highest BCUT2D eigenvalue weighted by Gasteiger charge is 2.17. The van der Waals surface area contributed by atoms with Crippen molar-refractivity contribution in [2.75, 3.05) is 6.61 Å². The third-order valence-corrected chi connectivity index (χ3v) is 4.39. The zero-order valence-corrected chi connectivity index (χ0v) is 14.6. The molecule has 0 fully saturated rings. The number of aromatic nitrogens is 1. The van der Waals surface area contributed by atoms with Crippen molar-refractivity contribution in [1.29, 1.82) is 0 Å². The number of fused-ring (bicyclic) bond motifs is 1. The number of unbranched alkanes of at least 4 members (excludes halogenated alkanes) is 1. The maximum atomic E-state index is 11.4. The van der Waals surface area contributed by atoms with Crippen molar-refractivity contribution < 1.29 is 14.6 Å². The van der Waals surface area contributed by atoms with E-state index >= 15 is 0 Å². The Bertz CT molecular complexity index is 895. The Balaban J connectivity index is 2.10. The molecule has 0 radical (unpaired) electrons. The summed E-state index contributed by atoms with van der Waals surface area (Å²) < 4.78 is 5.79. The molecule has 0 unspecified atom stereocenters. The molecule has 0 saturated carbocycles. The van der Waals surface area contributed by atoms with Crippen LogP contribution in [0.4, 0.5) is 0 Å². The number of hydrogen-bond acceptors (Lipinski definition) is 2. The molecule has 4 heteroatoms. The van der Waals surface area contributed by atoms with Gasteiger partial charge in [0.05, 0.1) is 18.7 Å². The van der Waals surface area contributed by atoms with Gasteiger partial charge in [0, 0.05) is 16.5 Å². The Morgan fingerprint density at radius 3 is 2.72 bits per heavy atom. The molecule has 0 spiro atoms. The largest absolute Gasteiger partial charge is 0.494 e. The second-order valence-corrected chi connectivity index (χ2v) is 6.27. The summed E-state index contributed by atoms with van der Waals surface area (Å²) in [6, 6.07) is 13.8. The van der Waals surface area contributed by atoms with Gasteiger partial charge in [-0.3, -0.25) is 4.79 Å². The van der Waals surface area contributed by atoms with Gasteiger partial charge in [0.1, 0.15) is 5.75 Å². The number of aryl methyl sites for hydroxylation is 1. The van der Waals surface area contributed by atoms with Crippen LogP contribution < -0.4 is 4.74 Å². The molecule has 0 atom stereocenters. The van der Waals surface area contributed by atoms with Crippen LogP contribution in [0, 0.1) is 6.92 Å². The highest BCUT2D eigenvalue weighted by atomic mass is 16.5. The van der Waals surface area contributed by atoms with Gasteiger partial charge in [-0.15, -0.1) is 0 Å². The Kier molecular flexibility index (Phi) is 5.08. The molecule has 3 rings (SSSR count). The third kappa shape index (κ3) is 3.68. The number of carboxylic acids is 1. The van der Waals surface area contributed by atoms with Crippen molar-refractivity contribution in [3.8, 4) is 17.0 Å². The summed E-state index contributed by atoms with van der Waals surface area (Å²) in [5, 5.41) is 10.3. The van der Waals surface area contributed by atoms with Crippen molar-refractivity contribution in [1.82, 2.24) is 4.98 Å². The molecule has 25 heavy (non-hydrogen) atoms. The molecule has 0 saturated heterocycles. The minimum absolute atomic E-state index is 0.0257. The normalized spacial score (nSPS) is 11.0. The minimum atomic E-state index is -0.840. The van der Waals surface area contributed by atoms with Gasteiger partial charge in [-0.25, -0.2) is 0 Å². The minimum Gasteiger partial charge on any atom is -0.494 e. The molecule has 1 aromatic heterocycles. The predicted molar refractivity (Wildman–Crippen MR) is 100 cm³/mol. The van der Waals surface area contributed by atoms with Gasteiger partial charge in [-0.05, 0) is 42.7 Å². The smallest absolute Gasteiger partial charge is 0.307 e. The zero-order valence-electron chi connectivity index (χ0n) is 14.6. The van der Waals surface area contributed by atoms with Gasteiger partial charge in [0.2, 0.25) is 0 Å². The molecule has 0 aliphatic heterocycles. The number of aliphatic carboxylic acids is 1. The van der Waals surface area contributed by atoms with Gasteiger partial charge in [-0.2, -0.15) is 0 Å². The van der Waals surface area contributed by atoms with Crippen LogP contribution in [0.1, 0.15) is 30.9 Å². The highest BCUT2D eigenvalue weighted by molar-refractivity contribution is 5.95. The first kappa shape index (κ1) is 17.1. The number of aromatic amines is 1. The first-order chi connectivity index (χ1) is 12.1. The predicted octanol–water partition coefficient (Wildman–Crippen LogP) is 4.95. The zero-order chi connectivity index (χ0) is 17.8. The van der Waals surface area contributed by atoms with Crippen LogP contribution in [0.15, 0.2) is 42.5 Å². The lowest BCUT2D eigenvalue weighted by atomic mass is 9.99. The topological polar surface area (TPSA) is 62.3 Å². The van der Waals surface area contributed by atoms with Crippen LogP contribution >= 0.6 is 0 Å². The van der Waals surface area contributed by atoms with Crippen molar-refractivity contribution in [2.24, 2.45) is 0 Å². The van der Waals surface area contributed by atoms with E-state index in [4.69, 9.17) is 4.74 Å². The molecule has 0 aliphatic rings. The van der Waals surface area contributed by atoms with Crippen LogP contribution in [-0.2, 0) is 11.2 Å². The Morgan fingerprint density at radius 1 is 1.20 bits per heavy atom. The van der Waals surface area contributed by atoms with Crippen LogP contribution in [0.25, 0.3) is 22.2 Å². The fourth-order valence-electron chi connectivity index (χ4n) is 3.07. The molecule has 4 nitrogen and oxygen atoms in total. The molecule has 0 bridgehead atoms. The van der Waals surface area contributed by atoms with Crippen LogP contribution in [0.5, 0.6) is 5.75 Å². The molecule has 0 aliphatic carbocycles. The Labute approximate surface area is 147 Å². The fourth-order valence-corrected chi connectivity index (χ4v) is 3.07. The number of hydrogen-bond donors (Lipinski definition) is 2. The summed E-state index contributed by atoms with van der Waals surface area (Å²) in [7, 11) is 0. The van der Waals surface area contributed by atoms with Gasteiger partial charge in [0.15, 0.2) is 0 Å². The maximum absolute atomic E-state index is 11.4. The third-order valence-electron chi connectivity index (χ3n) is 4.39. The van der Waals surface area contributed by atoms with Crippen molar-refractivity contribution in [2.45, 2.75) is 33.1 Å². The van der Waals surface area contributed by atoms with E-state index < -0.39 is 5.97 Å². The van der Waals surface area contributed by atoms with E-state index in [0.29, 0.717) is 6.61 Å².